The minimum Gasteiger partial charge on any atom is -0.497 e. The summed E-state index contributed by atoms with van der Waals surface area (Å²) in [6.07, 6.45) is 2.06. The number of amides is 1. The number of carbonyl (C=O) groups is 1. The number of carbonyl (C=O) groups excluding carboxylic acids is 1. The van der Waals surface area contributed by atoms with E-state index >= 15 is 0 Å². The normalized spacial score (nSPS) is 11.6. The lowest BCUT2D eigenvalue weighted by Gasteiger charge is -2.04. The van der Waals surface area contributed by atoms with Crippen molar-refractivity contribution in [3.63, 3.8) is 0 Å². The molecule has 1 heterocycles. The molecular formula is C23H33N3O2. The maximum atomic E-state index is 11.4. The van der Waals surface area contributed by atoms with Crippen LogP contribution in [0.1, 0.15) is 46.2 Å². The summed E-state index contributed by atoms with van der Waals surface area (Å²) in [5, 5.41) is 11.1. The number of nitrogens with zero attached hydrogens (tertiary/aromatic N) is 1. The number of aromatic amines is 1. The monoisotopic (exact) mass is 383 g/mol. The molecule has 0 saturated heterocycles. The minimum atomic E-state index is 0.134. The van der Waals surface area contributed by atoms with Crippen molar-refractivity contribution < 1.29 is 9.53 Å². The Morgan fingerprint density at radius 3 is 2.18 bits per heavy atom. The van der Waals surface area contributed by atoms with Crippen LogP contribution in [0.3, 0.4) is 0 Å². The van der Waals surface area contributed by atoms with E-state index in [0.29, 0.717) is 0 Å². The number of rotatable bonds is 3. The summed E-state index contributed by atoms with van der Waals surface area (Å²) < 4.78 is 5.02. The molecule has 2 aromatic carbocycles. The number of ether oxygens (including phenoxy) is 1. The van der Waals surface area contributed by atoms with E-state index in [1.807, 2.05) is 77.1 Å². The Kier molecular flexibility index (Phi) is 10.4. The van der Waals surface area contributed by atoms with Gasteiger partial charge in [-0.05, 0) is 50.1 Å². The first-order valence-electron chi connectivity index (χ1n) is 10.0. The van der Waals surface area contributed by atoms with E-state index in [1.54, 1.807) is 7.11 Å². The van der Waals surface area contributed by atoms with Gasteiger partial charge >= 0.3 is 0 Å². The van der Waals surface area contributed by atoms with Crippen LogP contribution in [-0.4, -0.2) is 23.2 Å². The molecule has 4 rings (SSSR count). The predicted molar refractivity (Wildman–Crippen MR) is 118 cm³/mol. The summed E-state index contributed by atoms with van der Waals surface area (Å²) >= 11 is 0. The summed E-state index contributed by atoms with van der Waals surface area (Å²) in [5.74, 6) is 1.18. The molecule has 0 bridgehead atoms. The van der Waals surface area contributed by atoms with Crippen molar-refractivity contribution in [2.45, 2.75) is 47.5 Å². The first-order chi connectivity index (χ1) is 13.7. The average molecular weight is 384 g/mol. The number of aromatic nitrogens is 2. The van der Waals surface area contributed by atoms with E-state index in [2.05, 4.69) is 21.6 Å². The Labute approximate surface area is 168 Å². The fourth-order valence-electron chi connectivity index (χ4n) is 2.36. The van der Waals surface area contributed by atoms with Crippen molar-refractivity contribution in [2.24, 2.45) is 5.92 Å². The number of nitrogens with one attached hydrogen (secondary N) is 2. The highest BCUT2D eigenvalue weighted by molar-refractivity contribution is 5.94. The Balaban J connectivity index is 0.000000246. The van der Waals surface area contributed by atoms with E-state index in [-0.39, 0.29) is 11.8 Å². The zero-order valence-electron chi connectivity index (χ0n) is 17.9. The summed E-state index contributed by atoms with van der Waals surface area (Å²) in [5.41, 5.74) is 3.01. The van der Waals surface area contributed by atoms with Crippen LogP contribution in [0, 0.1) is 12.8 Å². The van der Waals surface area contributed by atoms with Crippen LogP contribution in [0.5, 0.6) is 5.75 Å². The number of fused-ring (bicyclic) bond motifs is 1. The van der Waals surface area contributed by atoms with E-state index in [4.69, 9.17) is 4.74 Å². The van der Waals surface area contributed by atoms with Crippen LogP contribution in [0.15, 0.2) is 48.5 Å². The van der Waals surface area contributed by atoms with Crippen LogP contribution >= 0.6 is 0 Å². The quantitative estimate of drug-likeness (QED) is 0.586. The van der Waals surface area contributed by atoms with Crippen LogP contribution in [0.4, 0.5) is 5.69 Å². The highest BCUT2D eigenvalue weighted by Gasteiger charge is 2.29. The molecule has 0 atom stereocenters. The van der Waals surface area contributed by atoms with Crippen LogP contribution in [-0.2, 0) is 4.79 Å². The number of hydrogen-bond donors (Lipinski definition) is 2. The summed E-state index contributed by atoms with van der Waals surface area (Å²) in [6, 6.07) is 15.4. The molecular weight excluding hydrogens is 350 g/mol. The molecule has 152 valence electrons. The highest BCUT2D eigenvalue weighted by atomic mass is 16.5. The van der Waals surface area contributed by atoms with Crippen LogP contribution < -0.4 is 10.1 Å². The molecule has 28 heavy (non-hydrogen) atoms. The van der Waals surface area contributed by atoms with Gasteiger partial charge in [0.05, 0.1) is 12.6 Å². The molecule has 1 amide bonds. The van der Waals surface area contributed by atoms with Gasteiger partial charge in [0.2, 0.25) is 5.91 Å². The molecule has 3 aromatic rings. The van der Waals surface area contributed by atoms with Gasteiger partial charge in [0.15, 0.2) is 0 Å². The van der Waals surface area contributed by atoms with Crippen molar-refractivity contribution in [3.05, 3.63) is 54.2 Å². The third-order valence-electron chi connectivity index (χ3n) is 3.96. The fourth-order valence-corrected chi connectivity index (χ4v) is 2.36. The smallest absolute Gasteiger partial charge is 0.227 e. The number of methoxy groups -OCH3 is 1. The third kappa shape index (κ3) is 7.06. The van der Waals surface area contributed by atoms with Crippen LogP contribution in [0.25, 0.3) is 10.9 Å². The molecule has 1 aromatic heterocycles. The standard InChI is InChI=1S/C11H13NO2.C8H8N2.2C2H6/c1-14-10-6-4-9(5-7-10)12-11(13)8-2-3-8;1-6-7-4-2-3-5-8(7)10-9-6;2*1-2/h4-8H,2-3H2,1H3,(H,12,13);2-5H,1H3,(H,9,10);2*1-2H3. The lowest BCUT2D eigenvalue weighted by Crippen LogP contribution is -2.12. The summed E-state index contributed by atoms with van der Waals surface area (Å²) in [7, 11) is 1.62. The number of benzene rings is 2. The SMILES string of the molecule is CC.CC.COc1ccc(NC(=O)C2CC2)cc1.Cc1[nH]nc2ccccc12. The summed E-state index contributed by atoms with van der Waals surface area (Å²) in [4.78, 5) is 11.4. The first-order valence-corrected chi connectivity index (χ1v) is 10.0. The Morgan fingerprint density at radius 2 is 1.64 bits per heavy atom. The molecule has 5 nitrogen and oxygen atoms in total. The van der Waals surface area contributed by atoms with Crippen LogP contribution in [0.2, 0.25) is 0 Å². The minimum absolute atomic E-state index is 0.134. The molecule has 0 radical (unpaired) electrons. The molecule has 0 spiro atoms. The van der Waals surface area contributed by atoms with Gasteiger partial charge in [0, 0.05) is 22.7 Å². The second-order valence-corrected chi connectivity index (χ2v) is 5.86. The topological polar surface area (TPSA) is 67.0 Å². The predicted octanol–water partition coefficient (Wildman–Crippen LogP) is 5.97. The van der Waals surface area contributed by atoms with E-state index in [1.165, 1.54) is 5.39 Å². The number of aryl methyl sites for hydroxylation is 1. The largest absolute Gasteiger partial charge is 0.497 e. The number of H-pyrrole nitrogens is 1. The molecule has 0 aliphatic heterocycles. The Bertz CT molecular complexity index is 821. The number of anilines is 1. The van der Waals surface area contributed by atoms with Gasteiger partial charge in [-0.3, -0.25) is 9.89 Å². The average Bonchev–Trinajstić information content (AvgIpc) is 3.56. The van der Waals surface area contributed by atoms with Gasteiger partial charge < -0.3 is 10.1 Å². The van der Waals surface area contributed by atoms with Crippen molar-refractivity contribution in [1.29, 1.82) is 0 Å². The molecule has 1 saturated carbocycles. The zero-order valence-corrected chi connectivity index (χ0v) is 17.9. The zero-order chi connectivity index (χ0) is 20.9. The maximum absolute atomic E-state index is 11.4. The van der Waals surface area contributed by atoms with Gasteiger partial charge in [-0.25, -0.2) is 0 Å². The fraction of sp³-hybridized carbons (Fsp3) is 0.391. The Hall–Kier alpha value is -2.82. The first kappa shape index (κ1) is 23.2. The van der Waals surface area contributed by atoms with Gasteiger partial charge in [-0.1, -0.05) is 45.9 Å². The number of para-hydroxylation sites is 1. The Morgan fingerprint density at radius 1 is 1.04 bits per heavy atom. The van der Waals surface area contributed by atoms with Crippen molar-refractivity contribution in [1.82, 2.24) is 10.2 Å². The molecule has 0 unspecified atom stereocenters. The molecule has 2 N–H and O–H groups in total. The van der Waals surface area contributed by atoms with Gasteiger partial charge in [0.1, 0.15) is 5.75 Å². The number of hydrogen-bond acceptors (Lipinski definition) is 3. The van der Waals surface area contributed by atoms with Crippen molar-refractivity contribution in [2.75, 3.05) is 12.4 Å². The molecule has 1 aliphatic carbocycles. The third-order valence-corrected chi connectivity index (χ3v) is 3.96. The van der Waals surface area contributed by atoms with E-state index in [0.717, 1.165) is 35.5 Å². The molecule has 5 heteroatoms. The van der Waals surface area contributed by atoms with E-state index in [9.17, 15) is 4.79 Å². The maximum Gasteiger partial charge on any atom is 0.227 e. The van der Waals surface area contributed by atoms with E-state index < -0.39 is 0 Å². The van der Waals surface area contributed by atoms with Crippen molar-refractivity contribution >= 4 is 22.5 Å². The molecule has 1 aliphatic rings. The molecule has 1 fully saturated rings. The van der Waals surface area contributed by atoms with Crippen molar-refractivity contribution in [3.8, 4) is 5.75 Å². The summed E-state index contributed by atoms with van der Waals surface area (Å²) in [6.45, 7) is 10.0. The van der Waals surface area contributed by atoms with Gasteiger partial charge in [-0.15, -0.1) is 0 Å². The lowest BCUT2D eigenvalue weighted by molar-refractivity contribution is -0.117. The lowest BCUT2D eigenvalue weighted by atomic mass is 10.2. The highest BCUT2D eigenvalue weighted by Crippen LogP contribution is 2.30. The van der Waals surface area contributed by atoms with Gasteiger partial charge in [-0.2, -0.15) is 5.10 Å². The second kappa shape index (κ2) is 12.5. The second-order valence-electron chi connectivity index (χ2n) is 5.86. The van der Waals surface area contributed by atoms with Gasteiger partial charge in [0.25, 0.3) is 0 Å².